The van der Waals surface area contributed by atoms with Gasteiger partial charge >= 0.3 is 0 Å². The Kier molecular flexibility index (Phi) is 3.34. The zero-order chi connectivity index (χ0) is 8.81. The zero-order valence-corrected chi connectivity index (χ0v) is 7.62. The van der Waals surface area contributed by atoms with E-state index < -0.39 is 0 Å². The molecule has 0 heterocycles. The van der Waals surface area contributed by atoms with Crippen LogP contribution in [0.5, 0.6) is 0 Å². The molecule has 0 N–H and O–H groups in total. The smallest absolute Gasteiger partial charge is 0.0227 e. The second-order valence-electron chi connectivity index (χ2n) is 2.74. The lowest BCUT2D eigenvalue weighted by atomic mass is 10.1. The fourth-order valence-electron chi connectivity index (χ4n) is 1.04. The van der Waals surface area contributed by atoms with E-state index in [0.29, 0.717) is 0 Å². The SMILES string of the molecule is C/C=C/C=C/c1ccccc1C. The summed E-state index contributed by atoms with van der Waals surface area (Å²) in [7, 11) is 0. The third-order valence-electron chi connectivity index (χ3n) is 1.77. The molecule has 0 heteroatoms. The molecule has 0 aliphatic heterocycles. The van der Waals surface area contributed by atoms with E-state index >= 15 is 0 Å². The highest BCUT2D eigenvalue weighted by molar-refractivity contribution is 5.54. The van der Waals surface area contributed by atoms with Crippen LogP contribution in [0, 0.1) is 6.92 Å². The highest BCUT2D eigenvalue weighted by Gasteiger charge is 1.88. The lowest BCUT2D eigenvalue weighted by Gasteiger charge is -1.96. The molecule has 0 atom stereocenters. The van der Waals surface area contributed by atoms with Crippen molar-refractivity contribution in [2.45, 2.75) is 13.8 Å². The summed E-state index contributed by atoms with van der Waals surface area (Å²) < 4.78 is 0. The summed E-state index contributed by atoms with van der Waals surface area (Å²) in [6, 6.07) is 8.36. The summed E-state index contributed by atoms with van der Waals surface area (Å²) in [5.74, 6) is 0. The molecule has 0 saturated heterocycles. The largest absolute Gasteiger partial charge is 0.0877 e. The minimum absolute atomic E-state index is 1.29. The van der Waals surface area contributed by atoms with Crippen molar-refractivity contribution < 1.29 is 0 Å². The highest BCUT2D eigenvalue weighted by Crippen LogP contribution is 2.08. The Morgan fingerprint density at radius 1 is 1.08 bits per heavy atom. The molecule has 0 radical (unpaired) electrons. The average Bonchev–Trinajstić information content (AvgIpc) is 2.09. The van der Waals surface area contributed by atoms with Crippen molar-refractivity contribution in [3.05, 3.63) is 53.6 Å². The van der Waals surface area contributed by atoms with Crippen LogP contribution >= 0.6 is 0 Å². The Hall–Kier alpha value is -1.30. The summed E-state index contributed by atoms with van der Waals surface area (Å²) in [4.78, 5) is 0. The highest BCUT2D eigenvalue weighted by atomic mass is 13.9. The molecule has 12 heavy (non-hydrogen) atoms. The second-order valence-corrected chi connectivity index (χ2v) is 2.74. The van der Waals surface area contributed by atoms with Crippen LogP contribution in [0.3, 0.4) is 0 Å². The van der Waals surface area contributed by atoms with E-state index in [1.807, 2.05) is 19.1 Å². The first kappa shape index (κ1) is 8.79. The van der Waals surface area contributed by atoms with Crippen LogP contribution in [-0.4, -0.2) is 0 Å². The van der Waals surface area contributed by atoms with Crippen LogP contribution in [0.4, 0.5) is 0 Å². The molecule has 0 saturated carbocycles. The maximum atomic E-state index is 2.12. The number of aryl methyl sites for hydroxylation is 1. The van der Waals surface area contributed by atoms with Crippen molar-refractivity contribution in [2.75, 3.05) is 0 Å². The molecule has 0 bridgehead atoms. The normalized spacial score (nSPS) is 11.5. The van der Waals surface area contributed by atoms with Gasteiger partial charge in [-0.1, -0.05) is 48.6 Å². The van der Waals surface area contributed by atoms with Gasteiger partial charge in [-0.25, -0.2) is 0 Å². The Bertz CT molecular complexity index is 293. The van der Waals surface area contributed by atoms with Crippen molar-refractivity contribution >= 4 is 6.08 Å². The van der Waals surface area contributed by atoms with Gasteiger partial charge in [-0.3, -0.25) is 0 Å². The molecule has 0 nitrogen and oxygen atoms in total. The van der Waals surface area contributed by atoms with Gasteiger partial charge in [-0.2, -0.15) is 0 Å². The third kappa shape index (κ3) is 2.39. The summed E-state index contributed by atoms with van der Waals surface area (Å²) in [6.07, 6.45) is 8.24. The van der Waals surface area contributed by atoms with E-state index in [1.54, 1.807) is 0 Å². The number of hydrogen-bond donors (Lipinski definition) is 0. The fraction of sp³-hybridized carbons (Fsp3) is 0.167. The molecule has 0 aliphatic rings. The fourth-order valence-corrected chi connectivity index (χ4v) is 1.04. The van der Waals surface area contributed by atoms with E-state index in [-0.39, 0.29) is 0 Å². The van der Waals surface area contributed by atoms with Gasteiger partial charge in [0.15, 0.2) is 0 Å². The van der Waals surface area contributed by atoms with Gasteiger partial charge in [0.05, 0.1) is 0 Å². The molecule has 1 aromatic rings. The first-order valence-electron chi connectivity index (χ1n) is 4.19. The van der Waals surface area contributed by atoms with Crippen LogP contribution < -0.4 is 0 Å². The molecule has 0 unspecified atom stereocenters. The van der Waals surface area contributed by atoms with Crippen molar-refractivity contribution in [3.8, 4) is 0 Å². The first-order chi connectivity index (χ1) is 5.84. The van der Waals surface area contributed by atoms with E-state index in [1.165, 1.54) is 11.1 Å². The quantitative estimate of drug-likeness (QED) is 0.577. The van der Waals surface area contributed by atoms with Crippen LogP contribution in [0.15, 0.2) is 42.5 Å². The van der Waals surface area contributed by atoms with Crippen LogP contribution in [0.2, 0.25) is 0 Å². The predicted octanol–water partition coefficient (Wildman–Crippen LogP) is 3.58. The molecule has 62 valence electrons. The van der Waals surface area contributed by atoms with Gasteiger partial charge in [-0.05, 0) is 25.0 Å². The van der Waals surface area contributed by atoms with Crippen molar-refractivity contribution in [1.29, 1.82) is 0 Å². The zero-order valence-electron chi connectivity index (χ0n) is 7.62. The minimum atomic E-state index is 1.29. The Morgan fingerprint density at radius 2 is 1.83 bits per heavy atom. The maximum Gasteiger partial charge on any atom is -0.0227 e. The van der Waals surface area contributed by atoms with Crippen molar-refractivity contribution in [3.63, 3.8) is 0 Å². The van der Waals surface area contributed by atoms with E-state index in [4.69, 9.17) is 0 Å². The standard InChI is InChI=1S/C12H14/c1-3-4-5-9-12-10-7-6-8-11(12)2/h3-10H,1-2H3/b4-3+,9-5+. The number of rotatable bonds is 2. The Morgan fingerprint density at radius 3 is 2.50 bits per heavy atom. The topological polar surface area (TPSA) is 0 Å². The van der Waals surface area contributed by atoms with Gasteiger partial charge in [0.25, 0.3) is 0 Å². The van der Waals surface area contributed by atoms with Crippen LogP contribution in [0.1, 0.15) is 18.1 Å². The lowest BCUT2D eigenvalue weighted by molar-refractivity contribution is 1.44. The number of benzene rings is 1. The summed E-state index contributed by atoms with van der Waals surface area (Å²) in [6.45, 7) is 4.14. The third-order valence-corrected chi connectivity index (χ3v) is 1.77. The monoisotopic (exact) mass is 158 g/mol. The Labute approximate surface area is 74.2 Å². The molecule has 1 aromatic carbocycles. The molecule has 1 rings (SSSR count). The van der Waals surface area contributed by atoms with Crippen molar-refractivity contribution in [1.82, 2.24) is 0 Å². The van der Waals surface area contributed by atoms with E-state index in [9.17, 15) is 0 Å². The predicted molar refractivity (Wildman–Crippen MR) is 55.0 cm³/mol. The van der Waals surface area contributed by atoms with Crippen molar-refractivity contribution in [2.24, 2.45) is 0 Å². The van der Waals surface area contributed by atoms with Gasteiger partial charge in [0.2, 0.25) is 0 Å². The second kappa shape index (κ2) is 4.55. The van der Waals surface area contributed by atoms with Gasteiger partial charge in [0, 0.05) is 0 Å². The average molecular weight is 158 g/mol. The van der Waals surface area contributed by atoms with Gasteiger partial charge in [-0.15, -0.1) is 0 Å². The first-order valence-corrected chi connectivity index (χ1v) is 4.19. The van der Waals surface area contributed by atoms with E-state index in [2.05, 4.69) is 43.3 Å². The van der Waals surface area contributed by atoms with Gasteiger partial charge in [0.1, 0.15) is 0 Å². The summed E-state index contributed by atoms with van der Waals surface area (Å²) in [5.41, 5.74) is 2.61. The lowest BCUT2D eigenvalue weighted by Crippen LogP contribution is -1.76. The van der Waals surface area contributed by atoms with Crippen LogP contribution in [0.25, 0.3) is 6.08 Å². The number of hydrogen-bond acceptors (Lipinski definition) is 0. The van der Waals surface area contributed by atoms with E-state index in [0.717, 1.165) is 0 Å². The number of allylic oxidation sites excluding steroid dienone is 3. The summed E-state index contributed by atoms with van der Waals surface area (Å²) >= 11 is 0. The Balaban J connectivity index is 2.82. The molecule has 0 spiro atoms. The molecular weight excluding hydrogens is 144 g/mol. The molecule has 0 fully saturated rings. The van der Waals surface area contributed by atoms with Crippen LogP contribution in [-0.2, 0) is 0 Å². The molecule has 0 aliphatic carbocycles. The molecular formula is C12H14. The minimum Gasteiger partial charge on any atom is -0.0877 e. The summed E-state index contributed by atoms with van der Waals surface area (Å²) in [5, 5.41) is 0. The maximum absolute atomic E-state index is 2.12. The molecule has 0 aromatic heterocycles. The van der Waals surface area contributed by atoms with Gasteiger partial charge < -0.3 is 0 Å². The molecule has 0 amide bonds.